The molecule has 2 heteroatoms. The Kier molecular flexibility index (Phi) is 4.15. The average Bonchev–Trinajstić information content (AvgIpc) is 3.16. The zero-order valence-corrected chi connectivity index (χ0v) is 19.4. The number of fused-ring (bicyclic) bond motifs is 7. The number of rotatable bonds is 2. The molecule has 0 amide bonds. The number of aliphatic hydroxyl groups is 1. The third kappa shape index (κ3) is 2.75. The fourth-order valence-electron chi connectivity index (χ4n) is 5.89. The van der Waals surface area contributed by atoms with Crippen LogP contribution in [0.15, 0.2) is 115 Å². The first-order valence-electron chi connectivity index (χ1n) is 12.0. The van der Waals surface area contributed by atoms with Crippen molar-refractivity contribution >= 4 is 16.8 Å². The first kappa shape index (κ1) is 20.3. The lowest BCUT2D eigenvalue weighted by Crippen LogP contribution is -2.34. The van der Waals surface area contributed by atoms with E-state index in [1.807, 2.05) is 37.3 Å². The van der Waals surface area contributed by atoms with E-state index >= 15 is 0 Å². The van der Waals surface area contributed by atoms with Gasteiger partial charge >= 0.3 is 0 Å². The van der Waals surface area contributed by atoms with Gasteiger partial charge in [0, 0.05) is 16.7 Å². The van der Waals surface area contributed by atoms with Crippen LogP contribution in [0.4, 0.5) is 0 Å². The van der Waals surface area contributed by atoms with Crippen molar-refractivity contribution in [2.24, 2.45) is 0 Å². The van der Waals surface area contributed by atoms with Gasteiger partial charge < -0.3 is 9.84 Å². The molecule has 1 heterocycles. The van der Waals surface area contributed by atoms with Crippen LogP contribution in [0.25, 0.3) is 28.0 Å². The highest BCUT2D eigenvalue weighted by atomic mass is 16.5. The molecule has 35 heavy (non-hydrogen) atoms. The molecule has 1 aliphatic carbocycles. The Labute approximate surface area is 204 Å². The van der Waals surface area contributed by atoms with Crippen LogP contribution >= 0.6 is 0 Å². The van der Waals surface area contributed by atoms with E-state index in [0.717, 1.165) is 55.5 Å². The van der Waals surface area contributed by atoms with Gasteiger partial charge in [0.15, 0.2) is 5.60 Å². The van der Waals surface area contributed by atoms with Gasteiger partial charge in [-0.15, -0.1) is 0 Å². The van der Waals surface area contributed by atoms with Crippen LogP contribution in [0.5, 0.6) is 5.75 Å². The van der Waals surface area contributed by atoms with Crippen LogP contribution in [-0.4, -0.2) is 5.11 Å². The lowest BCUT2D eigenvalue weighted by molar-refractivity contribution is 0.107. The van der Waals surface area contributed by atoms with E-state index in [4.69, 9.17) is 4.74 Å². The summed E-state index contributed by atoms with van der Waals surface area (Å²) in [5.74, 6) is 0.852. The van der Waals surface area contributed by atoms with Gasteiger partial charge in [0.1, 0.15) is 11.4 Å². The maximum atomic E-state index is 11.4. The lowest BCUT2D eigenvalue weighted by Gasteiger charge is -2.36. The van der Waals surface area contributed by atoms with Crippen molar-refractivity contribution in [2.45, 2.75) is 18.1 Å². The third-order valence-electron chi connectivity index (χ3n) is 7.61. The third-order valence-corrected chi connectivity index (χ3v) is 7.61. The van der Waals surface area contributed by atoms with Gasteiger partial charge in [-0.25, -0.2) is 0 Å². The molecule has 0 fully saturated rings. The molecule has 1 aliphatic heterocycles. The van der Waals surface area contributed by atoms with E-state index in [1.165, 1.54) is 0 Å². The highest BCUT2D eigenvalue weighted by Gasteiger charge is 2.40. The molecular weight excluding hydrogens is 428 g/mol. The molecule has 2 aliphatic rings. The standard InChI is InChI=1S/C33H24O2/c1-32(34)28-15-9-8-14-27(28)31-26-17-19-30-25(24(26)16-18-29(31)32)20-21-33(35-30,22-10-4-2-5-11-22)23-12-6-3-7-13-23/h2-21,34H,1H3. The lowest BCUT2D eigenvalue weighted by atomic mass is 9.83. The summed E-state index contributed by atoms with van der Waals surface area (Å²) >= 11 is 0. The van der Waals surface area contributed by atoms with Crippen LogP contribution in [0.3, 0.4) is 0 Å². The first-order chi connectivity index (χ1) is 17.1. The topological polar surface area (TPSA) is 29.5 Å². The molecule has 1 unspecified atom stereocenters. The molecule has 5 aromatic carbocycles. The minimum Gasteiger partial charge on any atom is -0.473 e. The minimum absolute atomic E-state index is 0.698. The number of benzene rings is 5. The second-order valence-electron chi connectivity index (χ2n) is 9.58. The molecule has 0 saturated carbocycles. The Hall–Kier alpha value is -4.14. The van der Waals surface area contributed by atoms with E-state index in [0.29, 0.717) is 0 Å². The van der Waals surface area contributed by atoms with Crippen molar-refractivity contribution in [1.29, 1.82) is 0 Å². The van der Waals surface area contributed by atoms with Gasteiger partial charge in [0.05, 0.1) is 0 Å². The average molecular weight is 453 g/mol. The summed E-state index contributed by atoms with van der Waals surface area (Å²) in [6.45, 7) is 1.89. The van der Waals surface area contributed by atoms with Crippen LogP contribution in [-0.2, 0) is 11.2 Å². The summed E-state index contributed by atoms with van der Waals surface area (Å²) in [5.41, 5.74) is 5.67. The van der Waals surface area contributed by atoms with Crippen molar-refractivity contribution < 1.29 is 9.84 Å². The van der Waals surface area contributed by atoms with E-state index in [1.54, 1.807) is 0 Å². The van der Waals surface area contributed by atoms with Crippen LogP contribution in [0.2, 0.25) is 0 Å². The van der Waals surface area contributed by atoms with E-state index < -0.39 is 11.2 Å². The van der Waals surface area contributed by atoms with Crippen molar-refractivity contribution in [3.05, 3.63) is 143 Å². The second kappa shape index (κ2) is 7.18. The molecule has 2 nitrogen and oxygen atoms in total. The highest BCUT2D eigenvalue weighted by molar-refractivity contribution is 6.06. The maximum Gasteiger partial charge on any atom is 0.178 e. The summed E-state index contributed by atoms with van der Waals surface area (Å²) in [5, 5.41) is 13.6. The molecule has 168 valence electrons. The minimum atomic E-state index is -1.00. The molecule has 0 aromatic heterocycles. The summed E-state index contributed by atoms with van der Waals surface area (Å²) in [7, 11) is 0. The fourth-order valence-corrected chi connectivity index (χ4v) is 5.89. The quantitative estimate of drug-likeness (QED) is 0.302. The molecular formula is C33H24O2. The molecule has 0 saturated heterocycles. The molecule has 0 spiro atoms. The summed E-state index contributed by atoms with van der Waals surface area (Å²) in [4.78, 5) is 0. The fraction of sp³-hybridized carbons (Fsp3) is 0.0909. The summed E-state index contributed by atoms with van der Waals surface area (Å²) in [6.07, 6.45) is 4.38. The van der Waals surface area contributed by atoms with Gasteiger partial charge in [-0.1, -0.05) is 103 Å². The summed E-state index contributed by atoms with van der Waals surface area (Å²) < 4.78 is 6.89. The van der Waals surface area contributed by atoms with Gasteiger partial charge in [0.25, 0.3) is 0 Å². The molecule has 1 atom stereocenters. The zero-order chi connectivity index (χ0) is 23.6. The molecule has 0 bridgehead atoms. The number of ether oxygens (including phenoxy) is 1. The van der Waals surface area contributed by atoms with Gasteiger partial charge in [-0.2, -0.15) is 0 Å². The predicted octanol–water partition coefficient (Wildman–Crippen LogP) is 7.43. The largest absolute Gasteiger partial charge is 0.473 e. The Morgan fingerprint density at radius 3 is 1.97 bits per heavy atom. The van der Waals surface area contributed by atoms with Crippen LogP contribution < -0.4 is 4.74 Å². The smallest absolute Gasteiger partial charge is 0.178 e. The number of hydrogen-bond donors (Lipinski definition) is 1. The molecule has 1 N–H and O–H groups in total. The predicted molar refractivity (Wildman–Crippen MR) is 141 cm³/mol. The molecule has 0 radical (unpaired) electrons. The SMILES string of the molecule is CC1(O)c2ccccc2-c2c1ccc1c3c(ccc21)OC(c1ccccc1)(c1ccccc1)C=C3. The Morgan fingerprint density at radius 1 is 0.629 bits per heavy atom. The van der Waals surface area contributed by atoms with Gasteiger partial charge in [-0.05, 0) is 58.2 Å². The highest BCUT2D eigenvalue weighted by Crippen LogP contribution is 2.52. The maximum absolute atomic E-state index is 11.4. The number of hydrogen-bond acceptors (Lipinski definition) is 2. The summed E-state index contributed by atoms with van der Waals surface area (Å²) in [6, 6.07) is 37.4. The van der Waals surface area contributed by atoms with Crippen molar-refractivity contribution in [2.75, 3.05) is 0 Å². The van der Waals surface area contributed by atoms with E-state index in [-0.39, 0.29) is 0 Å². The second-order valence-corrected chi connectivity index (χ2v) is 9.58. The Balaban J connectivity index is 1.46. The van der Waals surface area contributed by atoms with Crippen molar-refractivity contribution in [3.8, 4) is 16.9 Å². The normalized spacial score (nSPS) is 19.0. The van der Waals surface area contributed by atoms with Crippen LogP contribution in [0, 0.1) is 0 Å². The van der Waals surface area contributed by atoms with Crippen LogP contribution in [0.1, 0.15) is 34.7 Å². The first-order valence-corrected chi connectivity index (χ1v) is 12.0. The zero-order valence-electron chi connectivity index (χ0n) is 19.4. The van der Waals surface area contributed by atoms with E-state index in [9.17, 15) is 5.11 Å². The van der Waals surface area contributed by atoms with Crippen molar-refractivity contribution in [1.82, 2.24) is 0 Å². The van der Waals surface area contributed by atoms with Crippen molar-refractivity contribution in [3.63, 3.8) is 0 Å². The Morgan fingerprint density at radius 2 is 1.26 bits per heavy atom. The van der Waals surface area contributed by atoms with E-state index in [2.05, 4.69) is 91.0 Å². The monoisotopic (exact) mass is 452 g/mol. The van der Waals surface area contributed by atoms with Gasteiger partial charge in [0.2, 0.25) is 0 Å². The molecule has 7 rings (SSSR count). The Bertz CT molecular complexity index is 1590. The van der Waals surface area contributed by atoms with Gasteiger partial charge in [-0.3, -0.25) is 0 Å². The molecule has 5 aromatic rings.